The second-order valence-corrected chi connectivity index (χ2v) is 7.51. The van der Waals surface area contributed by atoms with E-state index < -0.39 is 5.82 Å². The first-order valence-corrected chi connectivity index (χ1v) is 10.1. The van der Waals surface area contributed by atoms with Crippen molar-refractivity contribution < 1.29 is 13.9 Å². The van der Waals surface area contributed by atoms with Gasteiger partial charge in [0, 0.05) is 36.2 Å². The van der Waals surface area contributed by atoms with Crippen LogP contribution in [0.15, 0.2) is 30.7 Å². The zero-order chi connectivity index (χ0) is 21.3. The lowest BCUT2D eigenvalue weighted by Gasteiger charge is -2.24. The molecule has 2 aromatic heterocycles. The van der Waals surface area contributed by atoms with Gasteiger partial charge in [-0.15, -0.1) is 0 Å². The number of fused-ring (bicyclic) bond motifs is 1. The fraction of sp³-hybridized carbons (Fsp3) is 0.333. The van der Waals surface area contributed by atoms with Crippen molar-refractivity contribution in [3.63, 3.8) is 0 Å². The average Bonchev–Trinajstić information content (AvgIpc) is 3.17. The molecule has 0 bridgehead atoms. The van der Waals surface area contributed by atoms with Gasteiger partial charge in [0.05, 0.1) is 23.2 Å². The van der Waals surface area contributed by atoms with E-state index in [-0.39, 0.29) is 29.3 Å². The lowest BCUT2D eigenvalue weighted by atomic mass is 9.92. The van der Waals surface area contributed by atoms with E-state index in [0.717, 1.165) is 0 Å². The predicted octanol–water partition coefficient (Wildman–Crippen LogP) is 3.99. The Morgan fingerprint density at radius 2 is 2.23 bits per heavy atom. The third kappa shape index (κ3) is 3.75. The molecule has 9 heteroatoms. The lowest BCUT2D eigenvalue weighted by molar-refractivity contribution is -0.119. The van der Waals surface area contributed by atoms with Gasteiger partial charge in [-0.25, -0.2) is 14.4 Å². The zero-order valence-corrected chi connectivity index (χ0v) is 17.3. The SMILES string of the molecule is CCOc1c(C(C)Nc2ncnc3cccnc23)cc(Cl)c(F)c1[C@@H]1CNC(=O)C1. The third-order valence-corrected chi connectivity index (χ3v) is 5.40. The van der Waals surface area contributed by atoms with E-state index in [4.69, 9.17) is 16.3 Å². The number of halogens is 2. The molecule has 3 heterocycles. The maximum absolute atomic E-state index is 15.0. The number of rotatable bonds is 6. The lowest BCUT2D eigenvalue weighted by Crippen LogP contribution is -2.16. The number of ether oxygens (including phenoxy) is 1. The van der Waals surface area contributed by atoms with Crippen LogP contribution in [0.2, 0.25) is 5.02 Å². The van der Waals surface area contributed by atoms with E-state index >= 15 is 4.39 Å². The number of pyridine rings is 1. The Bertz CT molecular complexity index is 1100. The van der Waals surface area contributed by atoms with Crippen LogP contribution in [0.1, 0.15) is 43.4 Å². The molecule has 0 aliphatic carbocycles. The molecule has 1 aliphatic heterocycles. The molecule has 30 heavy (non-hydrogen) atoms. The molecule has 2 atom stereocenters. The molecule has 0 saturated carbocycles. The maximum atomic E-state index is 15.0. The van der Waals surface area contributed by atoms with Gasteiger partial charge < -0.3 is 15.4 Å². The summed E-state index contributed by atoms with van der Waals surface area (Å²) in [6.45, 7) is 4.43. The number of carbonyl (C=O) groups is 1. The van der Waals surface area contributed by atoms with Crippen LogP contribution >= 0.6 is 11.6 Å². The van der Waals surface area contributed by atoms with Crippen LogP contribution in [0.3, 0.4) is 0 Å². The van der Waals surface area contributed by atoms with Crippen LogP contribution < -0.4 is 15.4 Å². The first kappa shape index (κ1) is 20.3. The van der Waals surface area contributed by atoms with Gasteiger partial charge in [0.15, 0.2) is 5.82 Å². The van der Waals surface area contributed by atoms with Gasteiger partial charge in [-0.1, -0.05) is 11.6 Å². The van der Waals surface area contributed by atoms with Crippen LogP contribution in [0.5, 0.6) is 5.75 Å². The second-order valence-electron chi connectivity index (χ2n) is 7.10. The van der Waals surface area contributed by atoms with Gasteiger partial charge in [-0.2, -0.15) is 0 Å². The van der Waals surface area contributed by atoms with Crippen molar-refractivity contribution in [1.82, 2.24) is 20.3 Å². The minimum atomic E-state index is -0.549. The minimum absolute atomic E-state index is 0.0119. The number of carbonyl (C=O) groups excluding carboxylic acids is 1. The largest absolute Gasteiger partial charge is 0.493 e. The molecule has 0 radical (unpaired) electrons. The van der Waals surface area contributed by atoms with Crippen LogP contribution in [0.4, 0.5) is 10.2 Å². The van der Waals surface area contributed by atoms with Crippen molar-refractivity contribution in [1.29, 1.82) is 0 Å². The highest BCUT2D eigenvalue weighted by Crippen LogP contribution is 2.42. The third-order valence-electron chi connectivity index (χ3n) is 5.12. The Hall–Kier alpha value is -3.00. The molecule has 156 valence electrons. The van der Waals surface area contributed by atoms with Crippen LogP contribution in [0, 0.1) is 5.82 Å². The van der Waals surface area contributed by atoms with Gasteiger partial charge in [0.2, 0.25) is 5.91 Å². The Kier molecular flexibility index (Phi) is 5.67. The van der Waals surface area contributed by atoms with E-state index in [1.54, 1.807) is 18.3 Å². The second kappa shape index (κ2) is 8.39. The topological polar surface area (TPSA) is 89.0 Å². The van der Waals surface area contributed by atoms with Gasteiger partial charge >= 0.3 is 0 Å². The minimum Gasteiger partial charge on any atom is -0.493 e. The quantitative estimate of drug-likeness (QED) is 0.615. The molecule has 1 aromatic carbocycles. The Labute approximate surface area is 178 Å². The number of hydrogen-bond donors (Lipinski definition) is 2. The van der Waals surface area contributed by atoms with Gasteiger partial charge in [0.25, 0.3) is 0 Å². The summed E-state index contributed by atoms with van der Waals surface area (Å²) in [4.78, 5) is 24.6. The summed E-state index contributed by atoms with van der Waals surface area (Å²) in [6, 6.07) is 4.89. The van der Waals surface area contributed by atoms with E-state index in [9.17, 15) is 4.79 Å². The molecule has 1 fully saturated rings. The Morgan fingerprint density at radius 1 is 1.40 bits per heavy atom. The number of amides is 1. The van der Waals surface area contributed by atoms with Crippen LogP contribution in [-0.4, -0.2) is 34.0 Å². The van der Waals surface area contributed by atoms with Gasteiger partial charge in [-0.3, -0.25) is 9.78 Å². The molecular weight excluding hydrogens is 409 g/mol. The Balaban J connectivity index is 1.77. The number of anilines is 1. The number of hydrogen-bond acceptors (Lipinski definition) is 6. The van der Waals surface area contributed by atoms with Gasteiger partial charge in [0.1, 0.15) is 23.4 Å². The van der Waals surface area contributed by atoms with Crippen molar-refractivity contribution in [3.05, 3.63) is 52.7 Å². The van der Waals surface area contributed by atoms with Crippen LogP contribution in [0.25, 0.3) is 11.0 Å². The molecule has 2 N–H and O–H groups in total. The highest BCUT2D eigenvalue weighted by atomic mass is 35.5. The van der Waals surface area contributed by atoms with Gasteiger partial charge in [-0.05, 0) is 32.0 Å². The number of nitrogens with zero attached hydrogens (tertiary/aromatic N) is 3. The summed E-state index contributed by atoms with van der Waals surface area (Å²) in [5.41, 5.74) is 2.35. The highest BCUT2D eigenvalue weighted by molar-refractivity contribution is 6.31. The summed E-state index contributed by atoms with van der Waals surface area (Å²) < 4.78 is 20.9. The molecule has 7 nitrogen and oxygen atoms in total. The van der Waals surface area contributed by atoms with E-state index in [2.05, 4.69) is 25.6 Å². The summed E-state index contributed by atoms with van der Waals surface area (Å²) in [5.74, 6) is -0.0486. The molecule has 4 rings (SSSR count). The molecule has 1 unspecified atom stereocenters. The molecule has 3 aromatic rings. The first-order valence-electron chi connectivity index (χ1n) is 9.73. The highest BCUT2D eigenvalue weighted by Gasteiger charge is 2.32. The number of benzene rings is 1. The molecular formula is C21H21ClFN5O2. The van der Waals surface area contributed by atoms with E-state index in [0.29, 0.717) is 46.9 Å². The fourth-order valence-corrected chi connectivity index (χ4v) is 3.95. The van der Waals surface area contributed by atoms with E-state index in [1.165, 1.54) is 6.33 Å². The fourth-order valence-electron chi connectivity index (χ4n) is 3.73. The summed E-state index contributed by atoms with van der Waals surface area (Å²) in [7, 11) is 0. The van der Waals surface area contributed by atoms with Crippen molar-refractivity contribution in [2.75, 3.05) is 18.5 Å². The van der Waals surface area contributed by atoms with Crippen molar-refractivity contribution >= 4 is 34.4 Å². The standard InChI is InChI=1S/C21H21ClFN5O2/c1-3-30-20-13(8-14(22)18(23)17(20)12-7-16(29)25-9-12)11(2)28-21-19-15(26-10-27-21)5-4-6-24-19/h4-6,8,10-12H,3,7,9H2,1-2H3,(H,25,29)(H,26,27,28)/t11?,12-/m0/s1. The number of nitrogens with one attached hydrogen (secondary N) is 2. The molecule has 0 spiro atoms. The smallest absolute Gasteiger partial charge is 0.220 e. The predicted molar refractivity (Wildman–Crippen MR) is 112 cm³/mol. The monoisotopic (exact) mass is 429 g/mol. The summed E-state index contributed by atoms with van der Waals surface area (Å²) in [5, 5.41) is 6.05. The summed E-state index contributed by atoms with van der Waals surface area (Å²) in [6.07, 6.45) is 3.32. The zero-order valence-electron chi connectivity index (χ0n) is 16.6. The summed E-state index contributed by atoms with van der Waals surface area (Å²) >= 11 is 6.25. The van der Waals surface area contributed by atoms with Crippen molar-refractivity contribution in [2.45, 2.75) is 32.2 Å². The van der Waals surface area contributed by atoms with Crippen molar-refractivity contribution in [3.8, 4) is 5.75 Å². The van der Waals surface area contributed by atoms with Crippen LogP contribution in [-0.2, 0) is 4.79 Å². The Morgan fingerprint density at radius 3 is 2.97 bits per heavy atom. The number of aromatic nitrogens is 3. The maximum Gasteiger partial charge on any atom is 0.220 e. The van der Waals surface area contributed by atoms with Crippen molar-refractivity contribution in [2.24, 2.45) is 0 Å². The van der Waals surface area contributed by atoms with E-state index in [1.807, 2.05) is 19.9 Å². The first-order chi connectivity index (χ1) is 14.5. The normalized spacial score (nSPS) is 17.1. The molecule has 1 saturated heterocycles. The molecule has 1 aliphatic rings. The molecule has 1 amide bonds. The average molecular weight is 430 g/mol.